The van der Waals surface area contributed by atoms with Gasteiger partial charge in [-0.1, -0.05) is 0 Å². The fourth-order valence-corrected chi connectivity index (χ4v) is 1.94. The second-order valence-electron chi connectivity index (χ2n) is 4.29. The van der Waals surface area contributed by atoms with Gasteiger partial charge in [-0.15, -0.1) is 0 Å². The Hall–Kier alpha value is -2.39. The van der Waals surface area contributed by atoms with E-state index in [4.69, 9.17) is 14.2 Å². The first-order chi connectivity index (χ1) is 10.9. The predicted octanol–water partition coefficient (Wildman–Crippen LogP) is 0.0490. The number of methoxy groups -OCH3 is 5. The van der Waals surface area contributed by atoms with Gasteiger partial charge in [0.05, 0.1) is 27.9 Å². The first-order valence-electron chi connectivity index (χ1n) is 6.48. The van der Waals surface area contributed by atoms with Crippen LogP contribution in [0.4, 0.5) is 0 Å². The van der Waals surface area contributed by atoms with Gasteiger partial charge in [0.1, 0.15) is 5.56 Å². The molecule has 0 atom stereocenters. The van der Waals surface area contributed by atoms with Crippen LogP contribution in [-0.4, -0.2) is 58.3 Å². The van der Waals surface area contributed by atoms with Crippen LogP contribution in [0.5, 0.6) is 5.75 Å². The number of aromatic nitrogens is 1. The topological polar surface area (TPSA) is 102 Å². The van der Waals surface area contributed by atoms with E-state index in [0.29, 0.717) is 0 Å². The van der Waals surface area contributed by atoms with Gasteiger partial charge in [-0.2, -0.15) is 0 Å². The minimum atomic E-state index is -0.857. The highest BCUT2D eigenvalue weighted by Crippen LogP contribution is 2.18. The molecule has 9 nitrogen and oxygen atoms in total. The van der Waals surface area contributed by atoms with Gasteiger partial charge in [0.2, 0.25) is 5.43 Å². The number of pyridine rings is 1. The van der Waals surface area contributed by atoms with Crippen molar-refractivity contribution in [2.75, 3.05) is 35.5 Å². The summed E-state index contributed by atoms with van der Waals surface area (Å²) < 4.78 is 25.7. The molecule has 1 rings (SSSR count). The van der Waals surface area contributed by atoms with Crippen LogP contribution in [0, 0.1) is 0 Å². The maximum absolute atomic E-state index is 12.3. The van der Waals surface area contributed by atoms with Gasteiger partial charge < -0.3 is 28.3 Å². The monoisotopic (exact) mass is 329 g/mol. The van der Waals surface area contributed by atoms with Crippen molar-refractivity contribution in [1.82, 2.24) is 4.57 Å². The first-order valence-corrected chi connectivity index (χ1v) is 6.48. The third kappa shape index (κ3) is 3.88. The highest BCUT2D eigenvalue weighted by Gasteiger charge is 2.27. The Morgan fingerprint density at radius 3 is 2.04 bits per heavy atom. The molecule has 0 spiro atoms. The van der Waals surface area contributed by atoms with Crippen molar-refractivity contribution in [3.63, 3.8) is 0 Å². The summed E-state index contributed by atoms with van der Waals surface area (Å²) in [4.78, 5) is 36.1. The summed E-state index contributed by atoms with van der Waals surface area (Å²) in [5.41, 5.74) is -1.22. The zero-order valence-corrected chi connectivity index (χ0v) is 13.6. The van der Waals surface area contributed by atoms with Crippen molar-refractivity contribution in [2.24, 2.45) is 0 Å². The maximum atomic E-state index is 12.3. The fourth-order valence-electron chi connectivity index (χ4n) is 1.94. The molecule has 9 heteroatoms. The lowest BCUT2D eigenvalue weighted by Crippen LogP contribution is -2.30. The Morgan fingerprint density at radius 1 is 1.04 bits per heavy atom. The minimum Gasteiger partial charge on any atom is -0.491 e. The second kappa shape index (κ2) is 8.30. The molecule has 0 amide bonds. The first kappa shape index (κ1) is 18.7. The number of carbonyl (C=O) groups excluding carboxylic acids is 2. The Bertz CT molecular complexity index is 632. The molecule has 0 aliphatic rings. The Labute approximate surface area is 132 Å². The van der Waals surface area contributed by atoms with Crippen molar-refractivity contribution in [1.29, 1.82) is 0 Å². The molecule has 23 heavy (non-hydrogen) atoms. The lowest BCUT2D eigenvalue weighted by Gasteiger charge is -2.20. The van der Waals surface area contributed by atoms with E-state index in [-0.39, 0.29) is 23.6 Å². The Kier molecular flexibility index (Phi) is 6.73. The highest BCUT2D eigenvalue weighted by atomic mass is 16.7. The number of nitrogens with zero attached hydrogens (tertiary/aromatic N) is 1. The van der Waals surface area contributed by atoms with Crippen LogP contribution in [0.3, 0.4) is 0 Å². The average molecular weight is 329 g/mol. The maximum Gasteiger partial charge on any atom is 0.358 e. The van der Waals surface area contributed by atoms with E-state index in [1.54, 1.807) is 0 Å². The van der Waals surface area contributed by atoms with Crippen LogP contribution in [0.1, 0.15) is 20.8 Å². The van der Waals surface area contributed by atoms with E-state index in [1.807, 2.05) is 0 Å². The number of ether oxygens (including phenoxy) is 5. The van der Waals surface area contributed by atoms with Crippen LogP contribution >= 0.6 is 0 Å². The molecule has 0 aliphatic heterocycles. The molecular weight excluding hydrogens is 310 g/mol. The zero-order valence-electron chi connectivity index (χ0n) is 13.6. The van der Waals surface area contributed by atoms with Gasteiger partial charge in [0.15, 0.2) is 17.7 Å². The summed E-state index contributed by atoms with van der Waals surface area (Å²) in [6.07, 6.45) is 0.449. The standard InChI is InChI=1S/C14H19NO8/c1-19-9(20-2)7-15-6-8(13(17)22-4)11(16)12(21-3)10(15)14(18)23-5/h6,9H,7H2,1-5H3. The molecule has 0 aliphatic carbocycles. The lowest BCUT2D eigenvalue weighted by molar-refractivity contribution is -0.111. The van der Waals surface area contributed by atoms with Gasteiger partial charge >= 0.3 is 11.9 Å². The summed E-state index contributed by atoms with van der Waals surface area (Å²) in [5.74, 6) is -1.99. The SMILES string of the molecule is COC(=O)c1cn(CC(OC)OC)c(C(=O)OC)c(OC)c1=O. The predicted molar refractivity (Wildman–Crippen MR) is 77.7 cm³/mol. The van der Waals surface area contributed by atoms with Gasteiger partial charge in [-0.05, 0) is 0 Å². The molecule has 1 aromatic rings. The molecule has 0 saturated heterocycles. The van der Waals surface area contributed by atoms with Crippen LogP contribution in [-0.2, 0) is 25.5 Å². The molecule has 0 radical (unpaired) electrons. The van der Waals surface area contributed by atoms with E-state index >= 15 is 0 Å². The summed E-state index contributed by atoms with van der Waals surface area (Å²) in [6, 6.07) is 0. The van der Waals surface area contributed by atoms with E-state index in [2.05, 4.69) is 9.47 Å². The van der Waals surface area contributed by atoms with Crippen molar-refractivity contribution in [3.8, 4) is 5.75 Å². The molecule has 0 bridgehead atoms. The van der Waals surface area contributed by atoms with E-state index in [1.165, 1.54) is 32.1 Å². The third-order valence-electron chi connectivity index (χ3n) is 3.10. The van der Waals surface area contributed by atoms with Crippen LogP contribution < -0.4 is 10.2 Å². The summed E-state index contributed by atoms with van der Waals surface area (Å²) >= 11 is 0. The Balaban J connectivity index is 3.64. The number of hydrogen-bond acceptors (Lipinski definition) is 8. The molecule has 1 heterocycles. The summed E-state index contributed by atoms with van der Waals surface area (Å²) in [6.45, 7) is 0.0120. The molecule has 0 fully saturated rings. The van der Waals surface area contributed by atoms with Crippen molar-refractivity contribution < 1.29 is 33.3 Å². The van der Waals surface area contributed by atoms with Crippen LogP contribution in [0.25, 0.3) is 0 Å². The van der Waals surface area contributed by atoms with Gasteiger partial charge in [0, 0.05) is 20.4 Å². The number of hydrogen-bond donors (Lipinski definition) is 0. The summed E-state index contributed by atoms with van der Waals surface area (Å²) in [5, 5.41) is 0. The molecule has 0 aromatic carbocycles. The zero-order chi connectivity index (χ0) is 17.6. The van der Waals surface area contributed by atoms with Crippen LogP contribution in [0.2, 0.25) is 0 Å². The quantitative estimate of drug-likeness (QED) is 0.511. The van der Waals surface area contributed by atoms with E-state index in [9.17, 15) is 14.4 Å². The summed E-state index contributed by atoms with van der Waals surface area (Å²) in [7, 11) is 6.33. The average Bonchev–Trinajstić information content (AvgIpc) is 2.58. The molecule has 0 unspecified atom stereocenters. The molecule has 0 N–H and O–H groups in total. The van der Waals surface area contributed by atoms with Gasteiger partial charge in [0.25, 0.3) is 0 Å². The second-order valence-corrected chi connectivity index (χ2v) is 4.29. The molecule has 0 saturated carbocycles. The number of esters is 2. The largest absolute Gasteiger partial charge is 0.491 e. The smallest absolute Gasteiger partial charge is 0.358 e. The lowest BCUT2D eigenvalue weighted by atomic mass is 10.2. The normalized spacial score (nSPS) is 10.5. The van der Waals surface area contributed by atoms with Gasteiger partial charge in [-0.25, -0.2) is 9.59 Å². The van der Waals surface area contributed by atoms with E-state index in [0.717, 1.165) is 14.2 Å². The molecular formula is C14H19NO8. The van der Waals surface area contributed by atoms with Crippen molar-refractivity contribution >= 4 is 11.9 Å². The van der Waals surface area contributed by atoms with Gasteiger partial charge in [-0.3, -0.25) is 4.79 Å². The van der Waals surface area contributed by atoms with Crippen molar-refractivity contribution in [2.45, 2.75) is 12.8 Å². The molecule has 1 aromatic heterocycles. The fraction of sp³-hybridized carbons (Fsp3) is 0.500. The van der Waals surface area contributed by atoms with Crippen molar-refractivity contribution in [3.05, 3.63) is 27.7 Å². The molecule has 128 valence electrons. The number of carbonyl (C=O) groups is 2. The highest BCUT2D eigenvalue weighted by molar-refractivity contribution is 5.94. The Morgan fingerprint density at radius 2 is 1.61 bits per heavy atom. The van der Waals surface area contributed by atoms with Crippen LogP contribution in [0.15, 0.2) is 11.0 Å². The number of rotatable bonds is 7. The van der Waals surface area contributed by atoms with E-state index < -0.39 is 23.7 Å². The third-order valence-corrected chi connectivity index (χ3v) is 3.10. The minimum absolute atomic E-state index is 0.0120.